The molecule has 0 bridgehead atoms. The van der Waals surface area contributed by atoms with E-state index in [1.54, 1.807) is 0 Å². The molecule has 0 aliphatic heterocycles. The maximum absolute atomic E-state index is 11.4. The number of nitrogens with one attached hydrogen (secondary N) is 1. The lowest BCUT2D eigenvalue weighted by Gasteiger charge is -2.03. The molecule has 15 heavy (non-hydrogen) atoms. The molecule has 5 heteroatoms. The molecule has 1 rings (SSSR count). The highest BCUT2D eigenvalue weighted by Gasteiger charge is 2.06. The van der Waals surface area contributed by atoms with E-state index in [2.05, 4.69) is 16.5 Å². The molecular formula is C10H16N4O. The summed E-state index contributed by atoms with van der Waals surface area (Å²) in [5, 5.41) is 0. The first kappa shape index (κ1) is 11.3. The lowest BCUT2D eigenvalue weighted by Crippen LogP contribution is -2.19. The zero-order valence-corrected chi connectivity index (χ0v) is 8.62. The van der Waals surface area contributed by atoms with Crippen LogP contribution >= 0.6 is 0 Å². The van der Waals surface area contributed by atoms with Gasteiger partial charge in [0.1, 0.15) is 5.82 Å². The van der Waals surface area contributed by atoms with Crippen LogP contribution in [0.2, 0.25) is 0 Å². The first-order valence-electron chi connectivity index (χ1n) is 4.90. The molecule has 0 aliphatic carbocycles. The zero-order valence-electron chi connectivity index (χ0n) is 8.62. The van der Waals surface area contributed by atoms with Gasteiger partial charge in [0, 0.05) is 0 Å². The van der Waals surface area contributed by atoms with Crippen LogP contribution in [0.4, 0.5) is 11.8 Å². The molecule has 0 saturated heterocycles. The number of nitrogens with zero attached hydrogens (tertiary/aromatic N) is 1. The van der Waals surface area contributed by atoms with Gasteiger partial charge < -0.3 is 11.5 Å². The third-order valence-corrected chi connectivity index (χ3v) is 2.15. The van der Waals surface area contributed by atoms with Crippen LogP contribution in [-0.4, -0.2) is 9.97 Å². The van der Waals surface area contributed by atoms with Crippen molar-refractivity contribution in [3.8, 4) is 0 Å². The quantitative estimate of drug-likeness (QED) is 0.493. The van der Waals surface area contributed by atoms with Crippen molar-refractivity contribution in [2.24, 2.45) is 0 Å². The van der Waals surface area contributed by atoms with E-state index >= 15 is 0 Å². The number of H-pyrrole nitrogens is 1. The zero-order chi connectivity index (χ0) is 11.3. The van der Waals surface area contributed by atoms with Gasteiger partial charge in [-0.1, -0.05) is 6.08 Å². The minimum absolute atomic E-state index is 0.0624. The molecule has 0 fully saturated rings. The fourth-order valence-electron chi connectivity index (χ4n) is 1.37. The lowest BCUT2D eigenvalue weighted by molar-refractivity contribution is 0.741. The lowest BCUT2D eigenvalue weighted by atomic mass is 10.1. The largest absolute Gasteiger partial charge is 0.383 e. The molecule has 1 heterocycles. The summed E-state index contributed by atoms with van der Waals surface area (Å²) < 4.78 is 0. The maximum atomic E-state index is 11.4. The van der Waals surface area contributed by atoms with Gasteiger partial charge in [-0.3, -0.25) is 9.78 Å². The third-order valence-electron chi connectivity index (χ3n) is 2.15. The van der Waals surface area contributed by atoms with Gasteiger partial charge in [0.05, 0.1) is 5.56 Å². The fraction of sp³-hybridized carbons (Fsp3) is 0.400. The summed E-state index contributed by atoms with van der Waals surface area (Å²) in [6.45, 7) is 3.63. The van der Waals surface area contributed by atoms with Crippen molar-refractivity contribution in [2.45, 2.75) is 25.7 Å². The molecule has 0 aliphatic rings. The summed E-state index contributed by atoms with van der Waals surface area (Å²) in [7, 11) is 0. The van der Waals surface area contributed by atoms with Crippen molar-refractivity contribution in [1.29, 1.82) is 0 Å². The number of allylic oxidation sites excluding steroid dienone is 1. The summed E-state index contributed by atoms with van der Waals surface area (Å²) in [5.41, 5.74) is 11.2. The average Bonchev–Trinajstić information content (AvgIpc) is 2.15. The molecule has 0 amide bonds. The summed E-state index contributed by atoms with van der Waals surface area (Å²) >= 11 is 0. The SMILES string of the molecule is C=CCCCCc1c(N)nc(N)[nH]c1=O. The highest BCUT2D eigenvalue weighted by atomic mass is 16.1. The van der Waals surface area contributed by atoms with Gasteiger partial charge in [-0.2, -0.15) is 4.98 Å². The Labute approximate surface area is 88.2 Å². The molecular weight excluding hydrogens is 192 g/mol. The number of rotatable bonds is 5. The molecule has 0 radical (unpaired) electrons. The van der Waals surface area contributed by atoms with Crippen LogP contribution in [0.5, 0.6) is 0 Å². The monoisotopic (exact) mass is 208 g/mol. The fourth-order valence-corrected chi connectivity index (χ4v) is 1.37. The summed E-state index contributed by atoms with van der Waals surface area (Å²) in [4.78, 5) is 17.7. The van der Waals surface area contributed by atoms with E-state index in [0.717, 1.165) is 19.3 Å². The second-order valence-electron chi connectivity index (χ2n) is 3.35. The Morgan fingerprint density at radius 3 is 2.73 bits per heavy atom. The molecule has 0 aromatic carbocycles. The second kappa shape index (κ2) is 5.19. The third kappa shape index (κ3) is 3.12. The molecule has 5 N–H and O–H groups in total. The van der Waals surface area contributed by atoms with Crippen LogP contribution in [0.1, 0.15) is 24.8 Å². The minimum atomic E-state index is -0.237. The van der Waals surface area contributed by atoms with Crippen LogP contribution in [0.3, 0.4) is 0 Å². The number of nitrogens with two attached hydrogens (primary N) is 2. The Kier molecular flexibility index (Phi) is 3.91. The van der Waals surface area contributed by atoms with Crippen molar-refractivity contribution in [1.82, 2.24) is 9.97 Å². The molecule has 0 unspecified atom stereocenters. The molecule has 1 aromatic heterocycles. The van der Waals surface area contributed by atoms with Gasteiger partial charge in [-0.05, 0) is 25.7 Å². The number of anilines is 2. The van der Waals surface area contributed by atoms with Gasteiger partial charge in [0.15, 0.2) is 0 Å². The predicted molar refractivity (Wildman–Crippen MR) is 61.4 cm³/mol. The molecule has 1 aromatic rings. The number of hydrogen-bond acceptors (Lipinski definition) is 4. The summed E-state index contributed by atoms with van der Waals surface area (Å²) in [6.07, 6.45) is 5.31. The Balaban J connectivity index is 2.68. The van der Waals surface area contributed by atoms with Crippen molar-refractivity contribution in [3.05, 3.63) is 28.6 Å². The van der Waals surface area contributed by atoms with Crippen LogP contribution in [0, 0.1) is 0 Å². The van der Waals surface area contributed by atoms with E-state index in [9.17, 15) is 4.79 Å². The highest BCUT2D eigenvalue weighted by molar-refractivity contribution is 5.41. The van der Waals surface area contributed by atoms with Crippen LogP contribution in [0.15, 0.2) is 17.4 Å². The molecule has 0 spiro atoms. The smallest absolute Gasteiger partial charge is 0.257 e. The number of hydrogen-bond donors (Lipinski definition) is 3. The van der Waals surface area contributed by atoms with E-state index < -0.39 is 0 Å². The normalized spacial score (nSPS) is 10.1. The first-order chi connectivity index (χ1) is 7.15. The Hall–Kier alpha value is -1.78. The van der Waals surface area contributed by atoms with E-state index in [4.69, 9.17) is 11.5 Å². The molecule has 0 saturated carbocycles. The molecule has 0 atom stereocenters. The van der Waals surface area contributed by atoms with Crippen LogP contribution < -0.4 is 17.0 Å². The van der Waals surface area contributed by atoms with Crippen molar-refractivity contribution < 1.29 is 0 Å². The van der Waals surface area contributed by atoms with E-state index in [1.165, 1.54) is 0 Å². The summed E-state index contributed by atoms with van der Waals surface area (Å²) in [5.74, 6) is 0.294. The molecule has 5 nitrogen and oxygen atoms in total. The van der Waals surface area contributed by atoms with Gasteiger partial charge in [0.25, 0.3) is 5.56 Å². The van der Waals surface area contributed by atoms with Crippen molar-refractivity contribution >= 4 is 11.8 Å². The standard InChI is InChI=1S/C10H16N4O/c1-2-3-4-5-6-7-8(11)13-10(12)14-9(7)15/h2H,1,3-6H2,(H5,11,12,13,14,15). The number of unbranched alkanes of at least 4 members (excludes halogenated alkanes) is 2. The van der Waals surface area contributed by atoms with Gasteiger partial charge in [0.2, 0.25) is 5.95 Å². The molecule has 82 valence electrons. The van der Waals surface area contributed by atoms with Crippen molar-refractivity contribution in [2.75, 3.05) is 11.5 Å². The topological polar surface area (TPSA) is 97.8 Å². The minimum Gasteiger partial charge on any atom is -0.383 e. The Morgan fingerprint density at radius 1 is 1.40 bits per heavy atom. The highest BCUT2D eigenvalue weighted by Crippen LogP contribution is 2.08. The van der Waals surface area contributed by atoms with E-state index in [1.807, 2.05) is 6.08 Å². The van der Waals surface area contributed by atoms with Gasteiger partial charge in [-0.15, -0.1) is 6.58 Å². The Bertz CT molecular complexity index is 397. The van der Waals surface area contributed by atoms with E-state index in [-0.39, 0.29) is 17.3 Å². The number of aromatic amines is 1. The maximum Gasteiger partial charge on any atom is 0.257 e. The number of nitrogen functional groups attached to an aromatic ring is 2. The van der Waals surface area contributed by atoms with Gasteiger partial charge in [-0.25, -0.2) is 0 Å². The predicted octanol–water partition coefficient (Wildman–Crippen LogP) is 0.833. The van der Waals surface area contributed by atoms with Crippen LogP contribution in [0.25, 0.3) is 0 Å². The number of aromatic nitrogens is 2. The van der Waals surface area contributed by atoms with Crippen LogP contribution in [-0.2, 0) is 6.42 Å². The van der Waals surface area contributed by atoms with E-state index in [0.29, 0.717) is 12.0 Å². The van der Waals surface area contributed by atoms with Gasteiger partial charge >= 0.3 is 0 Å². The van der Waals surface area contributed by atoms with Crippen molar-refractivity contribution in [3.63, 3.8) is 0 Å². The Morgan fingerprint density at radius 2 is 2.13 bits per heavy atom. The average molecular weight is 208 g/mol. The summed E-state index contributed by atoms with van der Waals surface area (Å²) in [6, 6.07) is 0. The first-order valence-corrected chi connectivity index (χ1v) is 4.90. The second-order valence-corrected chi connectivity index (χ2v) is 3.35.